The van der Waals surface area contributed by atoms with Crippen molar-refractivity contribution in [1.29, 1.82) is 0 Å². The number of carbonyl (C=O) groups is 1. The van der Waals surface area contributed by atoms with E-state index in [0.29, 0.717) is 13.0 Å². The van der Waals surface area contributed by atoms with Crippen molar-refractivity contribution in [2.45, 2.75) is 31.7 Å². The molecule has 0 aromatic rings. The third-order valence-corrected chi connectivity index (χ3v) is 1.51. The van der Waals surface area contributed by atoms with Crippen LogP contribution >= 0.6 is 0 Å². The lowest BCUT2D eigenvalue weighted by molar-refractivity contribution is -0.137. The van der Waals surface area contributed by atoms with Crippen LogP contribution in [0, 0.1) is 0 Å². The number of hydrogen-bond acceptors (Lipinski definition) is 3. The van der Waals surface area contributed by atoms with E-state index in [1.165, 1.54) is 0 Å². The van der Waals surface area contributed by atoms with Crippen LogP contribution in [0.4, 0.5) is 0 Å². The molecule has 0 unspecified atom stereocenters. The summed E-state index contributed by atoms with van der Waals surface area (Å²) in [5.74, 6) is -0.784. The van der Waals surface area contributed by atoms with E-state index in [1.54, 1.807) is 0 Å². The number of aliphatic carboxylic acids is 1. The molecule has 0 saturated carbocycles. The summed E-state index contributed by atoms with van der Waals surface area (Å²) in [7, 11) is 0. The summed E-state index contributed by atoms with van der Waals surface area (Å²) in [6.45, 7) is 0.626. The van der Waals surface area contributed by atoms with Crippen molar-refractivity contribution in [1.82, 2.24) is 0 Å². The molecule has 0 aliphatic rings. The monoisotopic (exact) mass is 160 g/mol. The van der Waals surface area contributed by atoms with Gasteiger partial charge in [-0.2, -0.15) is 0 Å². The summed E-state index contributed by atoms with van der Waals surface area (Å²) in [5.41, 5.74) is 10.9. The van der Waals surface area contributed by atoms with Gasteiger partial charge in [-0.15, -0.1) is 0 Å². The molecule has 0 aromatic heterocycles. The van der Waals surface area contributed by atoms with Crippen molar-refractivity contribution >= 4 is 5.97 Å². The van der Waals surface area contributed by atoms with E-state index in [1.807, 2.05) is 0 Å². The summed E-state index contributed by atoms with van der Waals surface area (Å²) in [5, 5.41) is 8.31. The average molecular weight is 160 g/mol. The van der Waals surface area contributed by atoms with Gasteiger partial charge in [-0.25, -0.2) is 0 Å². The molecule has 5 N–H and O–H groups in total. The number of hydrogen-bond donors (Lipinski definition) is 3. The quantitative estimate of drug-likeness (QED) is 0.507. The molecule has 4 nitrogen and oxygen atoms in total. The minimum absolute atomic E-state index is 0.00495. The highest BCUT2D eigenvalue weighted by Crippen LogP contribution is 2.00. The Labute approximate surface area is 66.6 Å². The lowest BCUT2D eigenvalue weighted by atomic mass is 10.1. The van der Waals surface area contributed by atoms with Crippen molar-refractivity contribution in [3.8, 4) is 0 Å². The lowest BCUT2D eigenvalue weighted by Crippen LogP contribution is -2.22. The van der Waals surface area contributed by atoms with Gasteiger partial charge in [-0.3, -0.25) is 4.79 Å². The maximum atomic E-state index is 10.1. The highest BCUT2D eigenvalue weighted by Gasteiger charge is 2.04. The first-order chi connectivity index (χ1) is 5.16. The number of nitrogens with two attached hydrogens (primary N) is 2. The zero-order valence-corrected chi connectivity index (χ0v) is 6.62. The van der Waals surface area contributed by atoms with Crippen LogP contribution in [0.15, 0.2) is 0 Å². The van der Waals surface area contributed by atoms with Crippen LogP contribution < -0.4 is 11.5 Å². The van der Waals surface area contributed by atoms with Gasteiger partial charge < -0.3 is 16.6 Å². The summed E-state index contributed by atoms with van der Waals surface area (Å²) in [6, 6.07) is -0.00495. The van der Waals surface area contributed by atoms with Gasteiger partial charge in [0, 0.05) is 12.5 Å². The molecule has 0 saturated heterocycles. The third-order valence-electron chi connectivity index (χ3n) is 1.51. The minimum Gasteiger partial charge on any atom is -0.481 e. The maximum absolute atomic E-state index is 10.1. The van der Waals surface area contributed by atoms with Gasteiger partial charge in [0.1, 0.15) is 0 Å². The van der Waals surface area contributed by atoms with Crippen molar-refractivity contribution in [3.05, 3.63) is 0 Å². The summed E-state index contributed by atoms with van der Waals surface area (Å²) < 4.78 is 0. The highest BCUT2D eigenvalue weighted by molar-refractivity contribution is 5.66. The van der Waals surface area contributed by atoms with Gasteiger partial charge in [0.15, 0.2) is 0 Å². The first-order valence-corrected chi connectivity index (χ1v) is 3.84. The molecular weight excluding hydrogens is 144 g/mol. The van der Waals surface area contributed by atoms with Gasteiger partial charge in [-0.1, -0.05) is 0 Å². The molecule has 0 heterocycles. The fourth-order valence-electron chi connectivity index (χ4n) is 0.833. The predicted molar refractivity (Wildman–Crippen MR) is 43.1 cm³/mol. The Morgan fingerprint density at radius 3 is 2.55 bits per heavy atom. The zero-order chi connectivity index (χ0) is 8.69. The number of carboxylic acid groups (broad SMARTS) is 1. The van der Waals surface area contributed by atoms with E-state index < -0.39 is 5.97 Å². The second-order valence-corrected chi connectivity index (χ2v) is 2.62. The molecule has 66 valence electrons. The van der Waals surface area contributed by atoms with Gasteiger partial charge in [-0.05, 0) is 25.8 Å². The van der Waals surface area contributed by atoms with Gasteiger partial charge in [0.05, 0.1) is 0 Å². The molecule has 0 aromatic carbocycles. The van der Waals surface area contributed by atoms with Gasteiger partial charge in [0.25, 0.3) is 0 Å². The molecule has 4 heteroatoms. The van der Waals surface area contributed by atoms with Crippen LogP contribution in [0.2, 0.25) is 0 Å². The van der Waals surface area contributed by atoms with Crippen LogP contribution in [0.3, 0.4) is 0 Å². The second-order valence-electron chi connectivity index (χ2n) is 2.62. The fraction of sp³-hybridized carbons (Fsp3) is 0.857. The molecule has 0 fully saturated rings. The Morgan fingerprint density at radius 2 is 2.09 bits per heavy atom. The second kappa shape index (κ2) is 6.12. The summed E-state index contributed by atoms with van der Waals surface area (Å²) in [6.07, 6.45) is 2.41. The molecule has 1 atom stereocenters. The fourth-order valence-corrected chi connectivity index (χ4v) is 0.833. The Bertz CT molecular complexity index is 117. The molecule has 0 aliphatic carbocycles. The normalized spacial score (nSPS) is 12.9. The molecular formula is C7H16N2O2. The molecule has 0 radical (unpaired) electrons. The summed E-state index contributed by atoms with van der Waals surface area (Å²) >= 11 is 0. The van der Waals surface area contributed by atoms with Crippen LogP contribution in [-0.4, -0.2) is 23.7 Å². The zero-order valence-electron chi connectivity index (χ0n) is 6.62. The molecule has 0 aliphatic heterocycles. The van der Waals surface area contributed by atoms with Gasteiger partial charge in [0.2, 0.25) is 0 Å². The molecule has 0 spiro atoms. The first-order valence-electron chi connectivity index (χ1n) is 3.84. The van der Waals surface area contributed by atoms with Gasteiger partial charge >= 0.3 is 5.97 Å². The third kappa shape index (κ3) is 7.29. The van der Waals surface area contributed by atoms with Crippen molar-refractivity contribution in [2.75, 3.05) is 6.54 Å². The Hall–Kier alpha value is -0.610. The summed E-state index contributed by atoms with van der Waals surface area (Å²) in [4.78, 5) is 10.1. The smallest absolute Gasteiger partial charge is 0.303 e. The van der Waals surface area contributed by atoms with Crippen LogP contribution in [-0.2, 0) is 4.79 Å². The molecule has 0 amide bonds. The molecule has 11 heavy (non-hydrogen) atoms. The van der Waals surface area contributed by atoms with Crippen molar-refractivity contribution in [2.24, 2.45) is 11.5 Å². The molecule has 0 bridgehead atoms. The van der Waals surface area contributed by atoms with E-state index in [0.717, 1.165) is 12.8 Å². The van der Waals surface area contributed by atoms with Crippen LogP contribution in [0.1, 0.15) is 25.7 Å². The SMILES string of the molecule is NCCC[C@H](N)CCC(=O)O. The molecule has 0 rings (SSSR count). The van der Waals surface area contributed by atoms with E-state index in [-0.39, 0.29) is 12.5 Å². The number of carboxylic acids is 1. The van der Waals surface area contributed by atoms with E-state index in [9.17, 15) is 4.79 Å². The van der Waals surface area contributed by atoms with E-state index in [2.05, 4.69) is 0 Å². The largest absolute Gasteiger partial charge is 0.481 e. The highest BCUT2D eigenvalue weighted by atomic mass is 16.4. The van der Waals surface area contributed by atoms with E-state index in [4.69, 9.17) is 16.6 Å². The minimum atomic E-state index is -0.784. The van der Waals surface area contributed by atoms with E-state index >= 15 is 0 Å². The Kier molecular flexibility index (Phi) is 5.78. The maximum Gasteiger partial charge on any atom is 0.303 e. The van der Waals surface area contributed by atoms with Crippen molar-refractivity contribution < 1.29 is 9.90 Å². The Morgan fingerprint density at radius 1 is 1.45 bits per heavy atom. The van der Waals surface area contributed by atoms with Crippen LogP contribution in [0.5, 0.6) is 0 Å². The van der Waals surface area contributed by atoms with Crippen LogP contribution in [0.25, 0.3) is 0 Å². The lowest BCUT2D eigenvalue weighted by Gasteiger charge is -2.07. The first kappa shape index (κ1) is 10.4. The Balaban J connectivity index is 3.22. The predicted octanol–water partition coefficient (Wildman–Crippen LogP) is -0.0826. The standard InChI is InChI=1S/C7H16N2O2/c8-5-1-2-6(9)3-4-7(10)11/h6H,1-5,8-9H2,(H,10,11)/t6-/m0/s1. The average Bonchev–Trinajstić information content (AvgIpc) is 1.97. The van der Waals surface area contributed by atoms with Crippen molar-refractivity contribution in [3.63, 3.8) is 0 Å². The topological polar surface area (TPSA) is 89.3 Å². The number of rotatable bonds is 6.